The largest absolute Gasteiger partial charge is 0.297 e. The highest BCUT2D eigenvalue weighted by atomic mass is 16.1. The molecule has 0 aliphatic rings. The third-order valence-corrected chi connectivity index (χ3v) is 2.85. The predicted octanol–water partition coefficient (Wildman–Crippen LogP) is 2.97. The van der Waals surface area contributed by atoms with Crippen LogP contribution in [0.3, 0.4) is 0 Å². The Morgan fingerprint density at radius 1 is 1.13 bits per heavy atom. The highest BCUT2D eigenvalue weighted by Gasteiger charge is 2.34. The van der Waals surface area contributed by atoms with Gasteiger partial charge in [-0.3, -0.25) is 9.69 Å². The summed E-state index contributed by atoms with van der Waals surface area (Å²) in [5, 5.41) is 0. The molecule has 0 spiro atoms. The SMILES string of the molecule is CCN(CC)[C@@H](C(=O)C(C)(C)C)C(C)C. The Balaban J connectivity index is 4.89. The summed E-state index contributed by atoms with van der Waals surface area (Å²) in [6, 6.07) is 0.0694. The molecule has 0 saturated heterocycles. The van der Waals surface area contributed by atoms with E-state index in [9.17, 15) is 4.79 Å². The molecule has 0 radical (unpaired) electrons. The van der Waals surface area contributed by atoms with Crippen LogP contribution < -0.4 is 0 Å². The van der Waals surface area contributed by atoms with Gasteiger partial charge in [0.15, 0.2) is 5.78 Å². The third-order valence-electron chi connectivity index (χ3n) is 2.85. The molecule has 0 fully saturated rings. The standard InChI is InChI=1S/C13H27NO/c1-8-14(9-2)11(10(3)4)12(15)13(5,6)7/h10-11H,8-9H2,1-7H3/t11-/m1/s1. The van der Waals surface area contributed by atoms with Gasteiger partial charge in [0, 0.05) is 5.41 Å². The molecule has 0 rings (SSSR count). The van der Waals surface area contributed by atoms with Crippen LogP contribution in [-0.2, 0) is 4.79 Å². The number of carbonyl (C=O) groups excluding carboxylic acids is 1. The van der Waals surface area contributed by atoms with E-state index in [0.717, 1.165) is 13.1 Å². The number of hydrogen-bond donors (Lipinski definition) is 0. The molecule has 0 aromatic carbocycles. The zero-order valence-electron chi connectivity index (χ0n) is 11.4. The number of carbonyl (C=O) groups is 1. The van der Waals surface area contributed by atoms with E-state index in [1.54, 1.807) is 0 Å². The van der Waals surface area contributed by atoms with Gasteiger partial charge < -0.3 is 0 Å². The second kappa shape index (κ2) is 5.64. The van der Waals surface area contributed by atoms with Gasteiger partial charge >= 0.3 is 0 Å². The summed E-state index contributed by atoms with van der Waals surface area (Å²) in [6.45, 7) is 16.4. The summed E-state index contributed by atoms with van der Waals surface area (Å²) in [5.74, 6) is 0.748. The van der Waals surface area contributed by atoms with Crippen LogP contribution in [0.15, 0.2) is 0 Å². The van der Waals surface area contributed by atoms with Crippen molar-refractivity contribution in [2.75, 3.05) is 13.1 Å². The molecule has 2 heteroatoms. The molecule has 90 valence electrons. The minimum absolute atomic E-state index is 0.0694. The molecule has 1 atom stereocenters. The molecule has 0 aliphatic heterocycles. The fourth-order valence-corrected chi connectivity index (χ4v) is 1.95. The zero-order valence-corrected chi connectivity index (χ0v) is 11.4. The summed E-state index contributed by atoms with van der Waals surface area (Å²) in [6.07, 6.45) is 0. The lowest BCUT2D eigenvalue weighted by Crippen LogP contribution is -2.48. The Morgan fingerprint density at radius 2 is 1.53 bits per heavy atom. The third kappa shape index (κ3) is 3.94. The van der Waals surface area contributed by atoms with Crippen LogP contribution in [-0.4, -0.2) is 29.8 Å². The average molecular weight is 213 g/mol. The normalized spacial score (nSPS) is 14.7. The minimum Gasteiger partial charge on any atom is -0.297 e. The first-order valence-electron chi connectivity index (χ1n) is 6.04. The van der Waals surface area contributed by atoms with Crippen LogP contribution in [0.4, 0.5) is 0 Å². The first kappa shape index (κ1) is 14.6. The Kier molecular flexibility index (Phi) is 5.50. The number of likely N-dealkylation sites (N-methyl/N-ethyl adjacent to an activating group) is 1. The van der Waals surface area contributed by atoms with Crippen LogP contribution in [0, 0.1) is 11.3 Å². The summed E-state index contributed by atoms with van der Waals surface area (Å²) in [7, 11) is 0. The van der Waals surface area contributed by atoms with Gasteiger partial charge in [-0.25, -0.2) is 0 Å². The number of Topliss-reactive ketones (excluding diaryl/α,β-unsaturated/α-hetero) is 1. The average Bonchev–Trinajstić information content (AvgIpc) is 2.10. The van der Waals surface area contributed by atoms with Crippen LogP contribution >= 0.6 is 0 Å². The lowest BCUT2D eigenvalue weighted by molar-refractivity contribution is -0.133. The van der Waals surface area contributed by atoms with Crippen LogP contribution in [0.25, 0.3) is 0 Å². The number of rotatable bonds is 5. The fraction of sp³-hybridized carbons (Fsp3) is 0.923. The number of ketones is 1. The van der Waals surface area contributed by atoms with Crippen molar-refractivity contribution < 1.29 is 4.79 Å². The van der Waals surface area contributed by atoms with Gasteiger partial charge in [0.1, 0.15) is 0 Å². The van der Waals surface area contributed by atoms with Crippen molar-refractivity contribution in [3.8, 4) is 0 Å². The lowest BCUT2D eigenvalue weighted by atomic mass is 9.81. The van der Waals surface area contributed by atoms with Gasteiger partial charge in [0.05, 0.1) is 6.04 Å². The molecule has 2 nitrogen and oxygen atoms in total. The summed E-state index contributed by atoms with van der Waals surface area (Å²) < 4.78 is 0. The van der Waals surface area contributed by atoms with Crippen molar-refractivity contribution in [2.45, 2.75) is 54.5 Å². The van der Waals surface area contributed by atoms with Crippen molar-refractivity contribution >= 4 is 5.78 Å². The van der Waals surface area contributed by atoms with Gasteiger partial charge in [0.25, 0.3) is 0 Å². The van der Waals surface area contributed by atoms with E-state index in [4.69, 9.17) is 0 Å². The molecule has 0 bridgehead atoms. The summed E-state index contributed by atoms with van der Waals surface area (Å²) >= 11 is 0. The van der Waals surface area contributed by atoms with E-state index >= 15 is 0 Å². The maximum absolute atomic E-state index is 12.3. The Labute approximate surface area is 95.0 Å². The quantitative estimate of drug-likeness (QED) is 0.700. The highest BCUT2D eigenvalue weighted by molar-refractivity contribution is 5.88. The Morgan fingerprint density at radius 3 is 1.73 bits per heavy atom. The van der Waals surface area contributed by atoms with Crippen molar-refractivity contribution in [2.24, 2.45) is 11.3 Å². The molecule has 0 saturated carbocycles. The number of hydrogen-bond acceptors (Lipinski definition) is 2. The van der Waals surface area contributed by atoms with Gasteiger partial charge in [-0.05, 0) is 19.0 Å². The topological polar surface area (TPSA) is 20.3 Å². The van der Waals surface area contributed by atoms with E-state index in [1.807, 2.05) is 20.8 Å². The van der Waals surface area contributed by atoms with Crippen molar-refractivity contribution in [3.63, 3.8) is 0 Å². The molecule has 0 aliphatic carbocycles. The fourth-order valence-electron chi connectivity index (χ4n) is 1.95. The molecular weight excluding hydrogens is 186 g/mol. The van der Waals surface area contributed by atoms with Gasteiger partial charge in [-0.15, -0.1) is 0 Å². The second-order valence-corrected chi connectivity index (χ2v) is 5.52. The maximum Gasteiger partial charge on any atom is 0.155 e. The first-order chi connectivity index (χ1) is 6.75. The molecule has 0 N–H and O–H groups in total. The Bertz CT molecular complexity index is 199. The highest BCUT2D eigenvalue weighted by Crippen LogP contribution is 2.23. The molecular formula is C13H27NO. The maximum atomic E-state index is 12.3. The van der Waals surface area contributed by atoms with Crippen molar-refractivity contribution in [1.82, 2.24) is 4.90 Å². The van der Waals surface area contributed by atoms with Crippen molar-refractivity contribution in [3.05, 3.63) is 0 Å². The first-order valence-corrected chi connectivity index (χ1v) is 6.04. The van der Waals surface area contributed by atoms with E-state index in [-0.39, 0.29) is 11.5 Å². The van der Waals surface area contributed by atoms with E-state index < -0.39 is 0 Å². The molecule has 0 heterocycles. The molecule has 0 aromatic heterocycles. The van der Waals surface area contributed by atoms with E-state index in [0.29, 0.717) is 11.7 Å². The second-order valence-electron chi connectivity index (χ2n) is 5.52. The summed E-state index contributed by atoms with van der Waals surface area (Å²) in [4.78, 5) is 14.6. The van der Waals surface area contributed by atoms with E-state index in [2.05, 4.69) is 32.6 Å². The number of nitrogens with zero attached hydrogens (tertiary/aromatic N) is 1. The van der Waals surface area contributed by atoms with Crippen LogP contribution in [0.5, 0.6) is 0 Å². The molecule has 15 heavy (non-hydrogen) atoms. The summed E-state index contributed by atoms with van der Waals surface area (Å²) in [5.41, 5.74) is -0.239. The monoisotopic (exact) mass is 213 g/mol. The van der Waals surface area contributed by atoms with Crippen LogP contribution in [0.2, 0.25) is 0 Å². The van der Waals surface area contributed by atoms with Gasteiger partial charge in [0.2, 0.25) is 0 Å². The molecule has 0 aromatic rings. The van der Waals surface area contributed by atoms with Gasteiger partial charge in [-0.1, -0.05) is 48.5 Å². The zero-order chi connectivity index (χ0) is 12.2. The molecule has 0 amide bonds. The molecule has 0 unspecified atom stereocenters. The lowest BCUT2D eigenvalue weighted by Gasteiger charge is -2.35. The Hall–Kier alpha value is -0.370. The van der Waals surface area contributed by atoms with E-state index in [1.165, 1.54) is 0 Å². The smallest absolute Gasteiger partial charge is 0.155 e. The van der Waals surface area contributed by atoms with Crippen molar-refractivity contribution in [1.29, 1.82) is 0 Å². The predicted molar refractivity (Wildman–Crippen MR) is 66.0 cm³/mol. The van der Waals surface area contributed by atoms with Crippen LogP contribution in [0.1, 0.15) is 48.5 Å². The minimum atomic E-state index is -0.239. The van der Waals surface area contributed by atoms with Gasteiger partial charge in [-0.2, -0.15) is 0 Å².